The molecule has 1 rings (SSSR count). The molecule has 42 valence electrons. The van der Waals surface area contributed by atoms with Crippen molar-refractivity contribution in [2.75, 3.05) is 0 Å². The van der Waals surface area contributed by atoms with Crippen molar-refractivity contribution in [1.82, 2.24) is 0 Å². The molecule has 0 saturated heterocycles. The minimum absolute atomic E-state index is 1.28. The molecule has 0 aliphatic rings. The Kier molecular flexibility index (Phi) is 1.86. The Bertz CT molecular complexity index is 146. The first-order chi connectivity index (χ1) is 3.93. The molecule has 0 heterocycles. The third-order valence-electron chi connectivity index (χ3n) is 1.25. The number of rotatable bonds is 1. The summed E-state index contributed by atoms with van der Waals surface area (Å²) < 4.78 is 0. The second kappa shape index (κ2) is 2.67. The Morgan fingerprint density at radius 1 is 1.12 bits per heavy atom. The highest BCUT2D eigenvalue weighted by molar-refractivity contribution is 6.08. The van der Waals surface area contributed by atoms with Gasteiger partial charge in [-0.3, -0.25) is 0 Å². The van der Waals surface area contributed by atoms with E-state index in [0.717, 1.165) is 0 Å². The maximum Gasteiger partial charge on any atom is 0.00833 e. The van der Waals surface area contributed by atoms with Gasteiger partial charge in [-0.15, -0.1) is 0 Å². The van der Waals surface area contributed by atoms with Crippen LogP contribution in [0.15, 0.2) is 30.3 Å². The molecule has 1 heteroatoms. The summed E-state index contributed by atoms with van der Waals surface area (Å²) in [7, 11) is 1.28. The third kappa shape index (κ3) is 1.20. The van der Waals surface area contributed by atoms with Crippen LogP contribution < -0.4 is 0 Å². The molecule has 0 bridgehead atoms. The molecule has 0 N–H and O–H groups in total. The average molecular weight is 122 g/mol. The monoisotopic (exact) mass is 122 g/mol. The first-order valence-corrected chi connectivity index (χ1v) is 4.39. The molecule has 0 radical (unpaired) electrons. The van der Waals surface area contributed by atoms with E-state index in [9.17, 15) is 0 Å². The van der Waals surface area contributed by atoms with Gasteiger partial charge < -0.3 is 0 Å². The largest absolute Gasteiger partial charge is 0.0622 e. The molecular weight excluding hydrogens is 112 g/mol. The van der Waals surface area contributed by atoms with Gasteiger partial charge in [-0.2, -0.15) is 0 Å². The van der Waals surface area contributed by atoms with Gasteiger partial charge in [0.2, 0.25) is 0 Å². The Morgan fingerprint density at radius 3 is 2.12 bits per heavy atom. The summed E-state index contributed by atoms with van der Waals surface area (Å²) >= 11 is 0. The smallest absolute Gasteiger partial charge is 0.00833 e. The summed E-state index contributed by atoms with van der Waals surface area (Å²) in [6.07, 6.45) is 0. The van der Waals surface area contributed by atoms with Crippen LogP contribution >= 0.6 is 0 Å². The van der Waals surface area contributed by atoms with Crippen LogP contribution in [0.25, 0.3) is 0 Å². The summed E-state index contributed by atoms with van der Waals surface area (Å²) in [5.74, 6) is 0. The van der Waals surface area contributed by atoms with Gasteiger partial charge in [-0.25, -0.2) is 0 Å². The van der Waals surface area contributed by atoms with Gasteiger partial charge in [-0.1, -0.05) is 35.9 Å². The van der Waals surface area contributed by atoms with E-state index in [2.05, 4.69) is 30.3 Å². The van der Waals surface area contributed by atoms with Gasteiger partial charge in [0.05, 0.1) is 0 Å². The fourth-order valence-corrected chi connectivity index (χ4v) is 1.19. The van der Waals surface area contributed by atoms with Crippen molar-refractivity contribution >= 4 is 10.2 Å². The van der Waals surface area contributed by atoms with Crippen LogP contribution in [0.4, 0.5) is 0 Å². The van der Waals surface area contributed by atoms with Crippen molar-refractivity contribution in [2.45, 2.75) is 6.04 Å². The SMILES string of the molecule is [SiH3]Cc1ccccc1. The minimum atomic E-state index is 1.28. The molecule has 0 spiro atoms. The van der Waals surface area contributed by atoms with E-state index >= 15 is 0 Å². The molecule has 0 amide bonds. The molecule has 0 aromatic heterocycles. The molecule has 0 aliphatic heterocycles. The molecular formula is C7H10Si. The van der Waals surface area contributed by atoms with E-state index in [1.807, 2.05) is 0 Å². The van der Waals surface area contributed by atoms with E-state index in [4.69, 9.17) is 0 Å². The standard InChI is InChI=1S/C7H10Si/c8-6-7-4-2-1-3-5-7/h1-5H,6H2,8H3. The molecule has 8 heavy (non-hydrogen) atoms. The van der Waals surface area contributed by atoms with Crippen LogP contribution in [0.3, 0.4) is 0 Å². The highest BCUT2D eigenvalue weighted by Crippen LogP contribution is 1.95. The highest BCUT2D eigenvalue weighted by Gasteiger charge is 1.80. The van der Waals surface area contributed by atoms with E-state index in [1.54, 1.807) is 0 Å². The van der Waals surface area contributed by atoms with Gasteiger partial charge in [0, 0.05) is 10.2 Å². The lowest BCUT2D eigenvalue weighted by Crippen LogP contribution is -1.78. The zero-order valence-corrected chi connectivity index (χ0v) is 7.09. The van der Waals surface area contributed by atoms with E-state index < -0.39 is 0 Å². The first kappa shape index (κ1) is 5.57. The number of hydrogen-bond donors (Lipinski definition) is 0. The third-order valence-corrected chi connectivity index (χ3v) is 2.07. The fourth-order valence-electron chi connectivity index (χ4n) is 0.714. The van der Waals surface area contributed by atoms with Crippen molar-refractivity contribution in [3.05, 3.63) is 35.9 Å². The molecule has 1 aromatic rings. The van der Waals surface area contributed by atoms with E-state index in [0.29, 0.717) is 0 Å². The van der Waals surface area contributed by atoms with Crippen LogP contribution in [0.2, 0.25) is 0 Å². The van der Waals surface area contributed by atoms with E-state index in [-0.39, 0.29) is 0 Å². The summed E-state index contributed by atoms with van der Waals surface area (Å²) in [6, 6.07) is 11.9. The molecule has 0 saturated carbocycles. The van der Waals surface area contributed by atoms with Crippen molar-refractivity contribution < 1.29 is 0 Å². The van der Waals surface area contributed by atoms with Crippen LogP contribution in [-0.2, 0) is 6.04 Å². The topological polar surface area (TPSA) is 0 Å². The zero-order chi connectivity index (χ0) is 5.82. The Labute approximate surface area is 53.0 Å². The second-order valence-corrected chi connectivity index (χ2v) is 2.55. The van der Waals surface area contributed by atoms with Crippen molar-refractivity contribution in [1.29, 1.82) is 0 Å². The Balaban J connectivity index is 2.83. The number of benzene rings is 1. The molecule has 1 aromatic carbocycles. The van der Waals surface area contributed by atoms with Crippen molar-refractivity contribution in [2.24, 2.45) is 0 Å². The number of hydrogen-bond acceptors (Lipinski definition) is 0. The Hall–Kier alpha value is -0.563. The van der Waals surface area contributed by atoms with Crippen molar-refractivity contribution in [3.8, 4) is 0 Å². The molecule has 0 nitrogen and oxygen atoms in total. The lowest BCUT2D eigenvalue weighted by Gasteiger charge is -1.89. The van der Waals surface area contributed by atoms with Crippen LogP contribution in [0, 0.1) is 0 Å². The van der Waals surface area contributed by atoms with Crippen LogP contribution in [-0.4, -0.2) is 10.2 Å². The minimum Gasteiger partial charge on any atom is -0.0622 e. The summed E-state index contributed by atoms with van der Waals surface area (Å²) in [4.78, 5) is 0. The molecule has 0 aliphatic carbocycles. The zero-order valence-electron chi connectivity index (χ0n) is 5.09. The van der Waals surface area contributed by atoms with Gasteiger partial charge in [-0.05, 0) is 6.04 Å². The molecule has 0 fully saturated rings. The normalized spacial score (nSPS) is 9.50. The predicted octanol–water partition coefficient (Wildman–Crippen LogP) is 0.552. The quantitative estimate of drug-likeness (QED) is 0.477. The fraction of sp³-hybridized carbons (Fsp3) is 0.143. The lowest BCUT2D eigenvalue weighted by molar-refractivity contribution is 1.40. The molecule has 0 atom stereocenters. The van der Waals surface area contributed by atoms with Crippen molar-refractivity contribution in [3.63, 3.8) is 0 Å². The van der Waals surface area contributed by atoms with Crippen LogP contribution in [0.5, 0.6) is 0 Å². The summed E-state index contributed by atoms with van der Waals surface area (Å²) in [5, 5.41) is 0. The summed E-state index contributed by atoms with van der Waals surface area (Å²) in [5.41, 5.74) is 1.47. The lowest BCUT2D eigenvalue weighted by atomic mass is 10.2. The van der Waals surface area contributed by atoms with E-state index in [1.165, 1.54) is 21.9 Å². The summed E-state index contributed by atoms with van der Waals surface area (Å²) in [6.45, 7) is 0. The maximum absolute atomic E-state index is 2.17. The van der Waals surface area contributed by atoms with Gasteiger partial charge in [0.15, 0.2) is 0 Å². The van der Waals surface area contributed by atoms with Crippen LogP contribution in [0.1, 0.15) is 5.56 Å². The predicted molar refractivity (Wildman–Crippen MR) is 40.1 cm³/mol. The second-order valence-electron chi connectivity index (χ2n) is 1.84. The first-order valence-electron chi connectivity index (χ1n) is 2.97. The van der Waals surface area contributed by atoms with Gasteiger partial charge in [0.1, 0.15) is 0 Å². The molecule has 0 unspecified atom stereocenters. The van der Waals surface area contributed by atoms with Gasteiger partial charge >= 0.3 is 0 Å². The highest BCUT2D eigenvalue weighted by atomic mass is 28.1. The van der Waals surface area contributed by atoms with Gasteiger partial charge in [0.25, 0.3) is 0 Å². The average Bonchev–Trinajstić information content (AvgIpc) is 1.90. The maximum atomic E-state index is 2.17. The Morgan fingerprint density at radius 2 is 1.75 bits per heavy atom.